The SMILES string of the molecule is O=C(Oc1ccc([N+](=O)[O-])cc1)N1CCc2nc(Br)ccc21. The number of aromatic nitrogens is 1. The molecule has 0 spiro atoms. The van der Waals surface area contributed by atoms with Crippen molar-refractivity contribution in [3.63, 3.8) is 0 Å². The molecule has 112 valence electrons. The van der Waals surface area contributed by atoms with Gasteiger partial charge in [-0.2, -0.15) is 0 Å². The number of halogens is 1. The first-order chi connectivity index (χ1) is 10.5. The summed E-state index contributed by atoms with van der Waals surface area (Å²) in [7, 11) is 0. The lowest BCUT2D eigenvalue weighted by Gasteiger charge is -2.16. The summed E-state index contributed by atoms with van der Waals surface area (Å²) < 4.78 is 5.96. The standard InChI is InChI=1S/C14H10BrN3O4/c15-13-6-5-12-11(16-13)7-8-17(12)14(19)22-10-3-1-9(2-4-10)18(20)21/h1-6H,7-8H2. The van der Waals surface area contributed by atoms with Gasteiger partial charge < -0.3 is 4.74 Å². The summed E-state index contributed by atoms with van der Waals surface area (Å²) in [6.07, 6.45) is 0.126. The Bertz CT molecular complexity index is 748. The molecule has 1 aromatic heterocycles. The Kier molecular flexibility index (Phi) is 3.76. The van der Waals surface area contributed by atoms with Crippen molar-refractivity contribution in [2.45, 2.75) is 6.42 Å². The van der Waals surface area contributed by atoms with Crippen molar-refractivity contribution >= 4 is 33.4 Å². The number of pyridine rings is 1. The molecule has 0 aliphatic carbocycles. The van der Waals surface area contributed by atoms with Gasteiger partial charge in [-0.15, -0.1) is 0 Å². The second-order valence-corrected chi connectivity index (χ2v) is 5.43. The Balaban J connectivity index is 1.75. The molecule has 2 aromatic rings. The first-order valence-corrected chi connectivity index (χ1v) is 7.23. The van der Waals surface area contributed by atoms with Crippen LogP contribution in [0.5, 0.6) is 5.75 Å². The third-order valence-corrected chi connectivity index (χ3v) is 3.69. The first kappa shape index (κ1) is 14.5. The van der Waals surface area contributed by atoms with Gasteiger partial charge in [0.1, 0.15) is 10.4 Å². The van der Waals surface area contributed by atoms with E-state index in [1.807, 2.05) is 0 Å². The van der Waals surface area contributed by atoms with Crippen molar-refractivity contribution in [3.8, 4) is 5.75 Å². The lowest BCUT2D eigenvalue weighted by molar-refractivity contribution is -0.384. The minimum absolute atomic E-state index is 0.0552. The summed E-state index contributed by atoms with van der Waals surface area (Å²) >= 11 is 3.29. The molecule has 0 radical (unpaired) electrons. The number of nitro benzene ring substituents is 1. The topological polar surface area (TPSA) is 85.6 Å². The Morgan fingerprint density at radius 1 is 1.27 bits per heavy atom. The average molecular weight is 364 g/mol. The van der Waals surface area contributed by atoms with E-state index in [1.165, 1.54) is 29.2 Å². The molecule has 0 N–H and O–H groups in total. The van der Waals surface area contributed by atoms with Gasteiger partial charge in [0, 0.05) is 25.1 Å². The average Bonchev–Trinajstić information content (AvgIpc) is 2.90. The lowest BCUT2D eigenvalue weighted by atomic mass is 10.3. The zero-order valence-electron chi connectivity index (χ0n) is 11.2. The Morgan fingerprint density at radius 2 is 2.00 bits per heavy atom. The van der Waals surface area contributed by atoms with Crippen LogP contribution in [0.1, 0.15) is 5.69 Å². The van der Waals surface area contributed by atoms with E-state index in [1.54, 1.807) is 12.1 Å². The molecule has 1 amide bonds. The molecule has 8 heteroatoms. The van der Waals surface area contributed by atoms with Crippen LogP contribution in [0.3, 0.4) is 0 Å². The second-order valence-electron chi connectivity index (χ2n) is 4.62. The number of amides is 1. The molecule has 1 aliphatic heterocycles. The van der Waals surface area contributed by atoms with Crippen molar-refractivity contribution < 1.29 is 14.5 Å². The minimum Gasteiger partial charge on any atom is -0.410 e. The maximum atomic E-state index is 12.2. The molecule has 1 aliphatic rings. The molecule has 0 bridgehead atoms. The van der Waals surface area contributed by atoms with E-state index in [-0.39, 0.29) is 11.4 Å². The van der Waals surface area contributed by atoms with Gasteiger partial charge in [0.15, 0.2) is 0 Å². The van der Waals surface area contributed by atoms with Crippen LogP contribution in [-0.2, 0) is 6.42 Å². The summed E-state index contributed by atoms with van der Waals surface area (Å²) in [6, 6.07) is 8.94. The van der Waals surface area contributed by atoms with Crippen LogP contribution in [0.4, 0.5) is 16.2 Å². The number of hydrogen-bond acceptors (Lipinski definition) is 5. The number of non-ortho nitro benzene ring substituents is 1. The van der Waals surface area contributed by atoms with Crippen LogP contribution in [0.15, 0.2) is 41.0 Å². The fourth-order valence-electron chi connectivity index (χ4n) is 2.22. The molecule has 0 atom stereocenters. The normalized spacial score (nSPS) is 12.9. The van der Waals surface area contributed by atoms with Gasteiger partial charge in [-0.25, -0.2) is 9.78 Å². The number of hydrogen-bond donors (Lipinski definition) is 0. The van der Waals surface area contributed by atoms with Gasteiger partial charge in [0.25, 0.3) is 5.69 Å². The highest BCUT2D eigenvalue weighted by Crippen LogP contribution is 2.29. The number of ether oxygens (including phenoxy) is 1. The molecule has 0 fully saturated rings. The van der Waals surface area contributed by atoms with E-state index in [0.29, 0.717) is 13.0 Å². The van der Waals surface area contributed by atoms with Gasteiger partial charge in [0.2, 0.25) is 0 Å². The van der Waals surface area contributed by atoms with E-state index >= 15 is 0 Å². The van der Waals surface area contributed by atoms with Crippen molar-refractivity contribution in [2.24, 2.45) is 0 Å². The minimum atomic E-state index is -0.531. The van der Waals surface area contributed by atoms with Crippen LogP contribution in [0, 0.1) is 10.1 Å². The Morgan fingerprint density at radius 3 is 2.68 bits per heavy atom. The third-order valence-electron chi connectivity index (χ3n) is 3.25. The molecule has 2 heterocycles. The summed E-state index contributed by atoms with van der Waals surface area (Å²) in [6.45, 7) is 0.491. The zero-order chi connectivity index (χ0) is 15.7. The molecule has 3 rings (SSSR count). The van der Waals surface area contributed by atoms with Crippen LogP contribution in [-0.4, -0.2) is 22.5 Å². The number of anilines is 1. The molecule has 22 heavy (non-hydrogen) atoms. The molecule has 0 saturated carbocycles. The highest BCUT2D eigenvalue weighted by Gasteiger charge is 2.27. The second kappa shape index (κ2) is 5.72. The molecule has 0 saturated heterocycles. The predicted octanol–water partition coefficient (Wildman–Crippen LogP) is 3.31. The molecule has 1 aromatic carbocycles. The van der Waals surface area contributed by atoms with Crippen LogP contribution >= 0.6 is 15.9 Å². The van der Waals surface area contributed by atoms with Crippen molar-refractivity contribution in [1.82, 2.24) is 4.98 Å². The van der Waals surface area contributed by atoms with Crippen molar-refractivity contribution in [3.05, 3.63) is 56.8 Å². The van der Waals surface area contributed by atoms with Gasteiger partial charge in [0.05, 0.1) is 16.3 Å². The Labute approximate surface area is 133 Å². The van der Waals surface area contributed by atoms with Gasteiger partial charge in [-0.3, -0.25) is 15.0 Å². The number of fused-ring (bicyclic) bond motifs is 1. The predicted molar refractivity (Wildman–Crippen MR) is 82.1 cm³/mol. The highest BCUT2D eigenvalue weighted by atomic mass is 79.9. The largest absolute Gasteiger partial charge is 0.419 e. The molecular formula is C14H10BrN3O4. The molecule has 7 nitrogen and oxygen atoms in total. The number of nitro groups is 1. The maximum Gasteiger partial charge on any atom is 0.419 e. The summed E-state index contributed by atoms with van der Waals surface area (Å²) in [5, 5.41) is 10.6. The number of nitrogens with zero attached hydrogens (tertiary/aromatic N) is 3. The number of carbonyl (C=O) groups is 1. The zero-order valence-corrected chi connectivity index (χ0v) is 12.8. The first-order valence-electron chi connectivity index (χ1n) is 6.44. The smallest absolute Gasteiger partial charge is 0.410 e. The van der Waals surface area contributed by atoms with E-state index in [0.717, 1.165) is 16.0 Å². The maximum absolute atomic E-state index is 12.2. The summed E-state index contributed by atoms with van der Waals surface area (Å²) in [5.41, 5.74) is 1.49. The molecular weight excluding hydrogens is 354 g/mol. The van der Waals surface area contributed by atoms with Crippen LogP contribution in [0.25, 0.3) is 0 Å². The third kappa shape index (κ3) is 2.77. The van der Waals surface area contributed by atoms with E-state index in [4.69, 9.17) is 4.74 Å². The summed E-state index contributed by atoms with van der Waals surface area (Å²) in [5.74, 6) is 0.258. The van der Waals surface area contributed by atoms with Crippen molar-refractivity contribution in [2.75, 3.05) is 11.4 Å². The van der Waals surface area contributed by atoms with Gasteiger partial charge in [-0.05, 0) is 40.2 Å². The van der Waals surface area contributed by atoms with Crippen LogP contribution in [0.2, 0.25) is 0 Å². The number of benzene rings is 1. The van der Waals surface area contributed by atoms with Gasteiger partial charge in [-0.1, -0.05) is 0 Å². The van der Waals surface area contributed by atoms with Crippen LogP contribution < -0.4 is 9.64 Å². The summed E-state index contributed by atoms with van der Waals surface area (Å²) in [4.78, 5) is 28.1. The van der Waals surface area contributed by atoms with Crippen molar-refractivity contribution in [1.29, 1.82) is 0 Å². The highest BCUT2D eigenvalue weighted by molar-refractivity contribution is 9.10. The van der Waals surface area contributed by atoms with Gasteiger partial charge >= 0.3 is 6.09 Å². The monoisotopic (exact) mass is 363 g/mol. The fourth-order valence-corrected chi connectivity index (χ4v) is 2.56. The van der Waals surface area contributed by atoms with E-state index in [9.17, 15) is 14.9 Å². The van der Waals surface area contributed by atoms with E-state index < -0.39 is 11.0 Å². The quantitative estimate of drug-likeness (QED) is 0.464. The Hall–Kier alpha value is -2.48. The molecule has 0 unspecified atom stereocenters. The fraction of sp³-hybridized carbons (Fsp3) is 0.143. The van der Waals surface area contributed by atoms with E-state index in [2.05, 4.69) is 20.9 Å². The number of rotatable bonds is 2. The lowest BCUT2D eigenvalue weighted by Crippen LogP contribution is -2.31. The number of carbonyl (C=O) groups excluding carboxylic acids is 1.